The summed E-state index contributed by atoms with van der Waals surface area (Å²) in [6, 6.07) is 5.46. The number of methoxy groups -OCH3 is 2. The van der Waals surface area contributed by atoms with Gasteiger partial charge in [-0.15, -0.1) is 0 Å². The first-order valence-corrected chi connectivity index (χ1v) is 17.9. The normalized spacial score (nSPS) is 17.6. The third-order valence-electron chi connectivity index (χ3n) is 9.44. The number of rotatable bonds is 20. The minimum Gasteiger partial charge on any atom is -0.493 e. The van der Waals surface area contributed by atoms with Crippen LogP contribution in [0.3, 0.4) is 0 Å². The van der Waals surface area contributed by atoms with Crippen LogP contribution in [0.25, 0.3) is 0 Å². The number of benzene rings is 1. The van der Waals surface area contributed by atoms with E-state index in [1.807, 2.05) is 32.0 Å². The lowest BCUT2D eigenvalue weighted by Crippen LogP contribution is -2.47. The molecule has 1 aliphatic rings. The van der Waals surface area contributed by atoms with Crippen molar-refractivity contribution in [3.05, 3.63) is 23.8 Å². The summed E-state index contributed by atoms with van der Waals surface area (Å²) in [5.41, 5.74) is 4.91. The molecule has 1 saturated heterocycles. The maximum Gasteiger partial charge on any atom is 0.414 e. The zero-order valence-corrected chi connectivity index (χ0v) is 32.7. The number of hydrogen-bond acceptors (Lipinski definition) is 10. The van der Waals surface area contributed by atoms with E-state index in [0.29, 0.717) is 44.0 Å². The topological polar surface area (TPSA) is 165 Å². The summed E-state index contributed by atoms with van der Waals surface area (Å²) in [7, 11) is 3.26. The van der Waals surface area contributed by atoms with Gasteiger partial charge in [-0.05, 0) is 89.3 Å². The van der Waals surface area contributed by atoms with Crippen molar-refractivity contribution in [3.8, 4) is 11.5 Å². The minimum absolute atomic E-state index is 0.0463. The minimum atomic E-state index is -0.915. The molecule has 13 heteroatoms. The number of esters is 1. The number of nitrogens with one attached hydrogen (secondary N) is 1. The van der Waals surface area contributed by atoms with E-state index < -0.39 is 53.7 Å². The van der Waals surface area contributed by atoms with Crippen LogP contribution in [-0.2, 0) is 39.8 Å². The number of primary amides is 1. The Morgan fingerprint density at radius 1 is 0.961 bits per heavy atom. The van der Waals surface area contributed by atoms with Crippen LogP contribution in [0.1, 0.15) is 87.1 Å². The Morgan fingerprint density at radius 2 is 1.65 bits per heavy atom. The fraction of sp³-hybridized carbons (Fsp3) is 0.737. The highest BCUT2D eigenvalue weighted by Gasteiger charge is 2.43. The SMILES string of the molecule is COCCCOc1cc(C[C@@H](C[C@H]2[C@H](C[C@H](C(=O)NCC(C)(C)C(N)=O)C(C)C)OCN2C(=O)OCOC(=O)C(C)(C)C)C(C)C)ccc1OC. The molecule has 3 amide bonds. The second kappa shape index (κ2) is 19.9. The molecular formula is C38H63N3O10. The van der Waals surface area contributed by atoms with Crippen LogP contribution in [0.4, 0.5) is 4.79 Å². The summed E-state index contributed by atoms with van der Waals surface area (Å²) in [5, 5.41) is 2.91. The average Bonchev–Trinajstić information content (AvgIpc) is 3.45. The molecule has 1 aromatic rings. The van der Waals surface area contributed by atoms with Gasteiger partial charge in [0, 0.05) is 32.6 Å². The number of amides is 3. The molecule has 3 N–H and O–H groups in total. The van der Waals surface area contributed by atoms with Crippen molar-refractivity contribution in [2.45, 2.75) is 100 Å². The second-order valence-corrected chi connectivity index (χ2v) is 15.8. The fourth-order valence-electron chi connectivity index (χ4n) is 5.72. The van der Waals surface area contributed by atoms with Gasteiger partial charge in [0.2, 0.25) is 18.6 Å². The van der Waals surface area contributed by atoms with E-state index in [4.69, 9.17) is 34.2 Å². The largest absolute Gasteiger partial charge is 0.493 e. The first-order chi connectivity index (χ1) is 23.8. The molecule has 1 fully saturated rings. The molecule has 290 valence electrons. The average molecular weight is 722 g/mol. The number of carbonyl (C=O) groups excluding carboxylic acids is 4. The van der Waals surface area contributed by atoms with Crippen LogP contribution in [0, 0.1) is 34.5 Å². The molecule has 2 rings (SSSR count). The Hall–Kier alpha value is -3.58. The highest BCUT2D eigenvalue weighted by molar-refractivity contribution is 5.83. The maximum absolute atomic E-state index is 13.5. The summed E-state index contributed by atoms with van der Waals surface area (Å²) < 4.78 is 33.6. The molecule has 0 saturated carbocycles. The zero-order valence-electron chi connectivity index (χ0n) is 32.7. The van der Waals surface area contributed by atoms with Crippen molar-refractivity contribution in [1.82, 2.24) is 10.2 Å². The summed E-state index contributed by atoms with van der Waals surface area (Å²) in [6.45, 7) is 17.3. The van der Waals surface area contributed by atoms with E-state index in [-0.39, 0.29) is 36.9 Å². The lowest BCUT2D eigenvalue weighted by Gasteiger charge is -2.33. The summed E-state index contributed by atoms with van der Waals surface area (Å²) >= 11 is 0. The third kappa shape index (κ3) is 13.5. The van der Waals surface area contributed by atoms with Crippen LogP contribution in [0.5, 0.6) is 11.5 Å². The van der Waals surface area contributed by atoms with Crippen LogP contribution >= 0.6 is 0 Å². The van der Waals surface area contributed by atoms with E-state index in [1.165, 1.54) is 4.90 Å². The van der Waals surface area contributed by atoms with Crippen molar-refractivity contribution in [2.75, 3.05) is 47.5 Å². The van der Waals surface area contributed by atoms with Gasteiger partial charge in [-0.25, -0.2) is 4.79 Å². The molecule has 1 aliphatic heterocycles. The first kappa shape index (κ1) is 43.6. The summed E-state index contributed by atoms with van der Waals surface area (Å²) in [5.74, 6) is -0.158. The molecule has 1 aromatic carbocycles. The number of nitrogens with two attached hydrogens (primary N) is 1. The Labute approximate surface area is 304 Å². The van der Waals surface area contributed by atoms with E-state index in [1.54, 1.807) is 48.8 Å². The van der Waals surface area contributed by atoms with Gasteiger partial charge < -0.3 is 39.5 Å². The monoisotopic (exact) mass is 721 g/mol. The van der Waals surface area contributed by atoms with Crippen LogP contribution in [0.15, 0.2) is 18.2 Å². The summed E-state index contributed by atoms with van der Waals surface area (Å²) in [6.07, 6.45) is 1.14. The van der Waals surface area contributed by atoms with Crippen molar-refractivity contribution in [3.63, 3.8) is 0 Å². The maximum atomic E-state index is 13.5. The molecule has 1 heterocycles. The Bertz CT molecular complexity index is 1290. The quantitative estimate of drug-likeness (QED) is 0.102. The Kier molecular flexibility index (Phi) is 17.0. The predicted octanol–water partition coefficient (Wildman–Crippen LogP) is 5.32. The van der Waals surface area contributed by atoms with Gasteiger partial charge in [-0.3, -0.25) is 19.3 Å². The molecule has 0 aromatic heterocycles. The van der Waals surface area contributed by atoms with Gasteiger partial charge in [0.25, 0.3) is 0 Å². The van der Waals surface area contributed by atoms with Crippen LogP contribution < -0.4 is 20.5 Å². The van der Waals surface area contributed by atoms with Gasteiger partial charge in [-0.2, -0.15) is 0 Å². The van der Waals surface area contributed by atoms with E-state index in [2.05, 4.69) is 19.2 Å². The molecule has 51 heavy (non-hydrogen) atoms. The highest BCUT2D eigenvalue weighted by Crippen LogP contribution is 2.36. The van der Waals surface area contributed by atoms with Crippen LogP contribution in [-0.4, -0.2) is 88.4 Å². The standard InChI is InChI=1S/C38H63N3O10/c1-24(2)27(17-26-13-14-30(47-11)32(18-26)48-16-12-15-46-10)19-29-31(20-28(25(3)4)33(42)40-21-38(8,9)34(39)43)49-22-41(29)36(45)51-23-50-35(44)37(5,6)7/h13-14,18,24-25,27-29,31H,12,15-17,19-23H2,1-11H3,(H2,39,43)(H,40,42)/t27-,28-,29-,31-/m0/s1. The first-order valence-electron chi connectivity index (χ1n) is 17.9. The molecule has 4 atom stereocenters. The highest BCUT2D eigenvalue weighted by atomic mass is 16.7. The molecule has 0 radical (unpaired) electrons. The molecular weight excluding hydrogens is 658 g/mol. The summed E-state index contributed by atoms with van der Waals surface area (Å²) in [4.78, 5) is 52.7. The van der Waals surface area contributed by atoms with Crippen molar-refractivity contribution in [1.29, 1.82) is 0 Å². The molecule has 0 unspecified atom stereocenters. The number of hydrogen-bond donors (Lipinski definition) is 2. The molecule has 13 nitrogen and oxygen atoms in total. The second-order valence-electron chi connectivity index (χ2n) is 15.8. The fourth-order valence-corrected chi connectivity index (χ4v) is 5.72. The van der Waals surface area contributed by atoms with Gasteiger partial charge in [0.05, 0.1) is 36.7 Å². The van der Waals surface area contributed by atoms with Crippen molar-refractivity contribution >= 4 is 23.9 Å². The number of carbonyl (C=O) groups is 4. The van der Waals surface area contributed by atoms with Crippen LogP contribution in [0.2, 0.25) is 0 Å². The smallest absolute Gasteiger partial charge is 0.414 e. The van der Waals surface area contributed by atoms with Gasteiger partial charge >= 0.3 is 12.1 Å². The molecule has 0 bridgehead atoms. The lowest BCUT2D eigenvalue weighted by atomic mass is 9.80. The van der Waals surface area contributed by atoms with Gasteiger partial charge in [0.1, 0.15) is 6.73 Å². The third-order valence-corrected chi connectivity index (χ3v) is 9.44. The van der Waals surface area contributed by atoms with Gasteiger partial charge in [-0.1, -0.05) is 33.8 Å². The molecule has 0 aliphatic carbocycles. The Balaban J connectivity index is 2.35. The zero-order chi connectivity index (χ0) is 38.5. The molecule has 0 spiro atoms. The van der Waals surface area contributed by atoms with E-state index >= 15 is 0 Å². The van der Waals surface area contributed by atoms with E-state index in [0.717, 1.165) is 12.0 Å². The predicted molar refractivity (Wildman–Crippen MR) is 193 cm³/mol. The lowest BCUT2D eigenvalue weighted by molar-refractivity contribution is -0.162. The Morgan fingerprint density at radius 3 is 2.22 bits per heavy atom. The number of ether oxygens (including phenoxy) is 6. The van der Waals surface area contributed by atoms with Gasteiger partial charge in [0.15, 0.2) is 11.5 Å². The van der Waals surface area contributed by atoms with Crippen molar-refractivity contribution in [2.24, 2.45) is 40.2 Å². The van der Waals surface area contributed by atoms with Crippen molar-refractivity contribution < 1.29 is 47.6 Å². The number of nitrogens with zero attached hydrogens (tertiary/aromatic N) is 1. The van der Waals surface area contributed by atoms with E-state index in [9.17, 15) is 19.2 Å².